The van der Waals surface area contributed by atoms with Crippen molar-refractivity contribution < 1.29 is 14.4 Å². The van der Waals surface area contributed by atoms with E-state index in [4.69, 9.17) is 23.1 Å². The number of rotatable bonds is 4. The number of nitrogens with two attached hydrogens (primary N) is 2. The summed E-state index contributed by atoms with van der Waals surface area (Å²) in [4.78, 5) is 34.4. The molecule has 4 amide bonds. The predicted octanol–water partition coefficient (Wildman–Crippen LogP) is 2.24. The maximum atomic E-state index is 12.1. The number of thiophene rings is 1. The number of primary amides is 2. The molecule has 0 saturated heterocycles. The quantitative estimate of drug-likeness (QED) is 0.682. The van der Waals surface area contributed by atoms with Gasteiger partial charge in [-0.25, -0.2) is 4.79 Å². The van der Waals surface area contributed by atoms with E-state index in [1.54, 1.807) is 24.3 Å². The van der Waals surface area contributed by atoms with Crippen LogP contribution in [0.15, 0.2) is 30.3 Å². The van der Waals surface area contributed by atoms with Crippen LogP contribution in [-0.4, -0.2) is 17.8 Å². The standard InChI is InChI=1S/C13H11ClN4O3S/c14-8-4-2-1-3-6(8)11(20)17-9-5-7(10(15)19)12(22-9)18-13(16)21/h1-5H,(H2,15,19)(H,17,20)(H3,16,18,21). The van der Waals surface area contributed by atoms with Crippen LogP contribution in [0.4, 0.5) is 14.8 Å². The molecule has 22 heavy (non-hydrogen) atoms. The zero-order valence-corrected chi connectivity index (χ0v) is 12.6. The monoisotopic (exact) mass is 338 g/mol. The Morgan fingerprint density at radius 2 is 1.73 bits per heavy atom. The topological polar surface area (TPSA) is 127 Å². The summed E-state index contributed by atoms with van der Waals surface area (Å²) >= 11 is 6.89. The first-order chi connectivity index (χ1) is 10.4. The number of carbonyl (C=O) groups is 3. The highest BCUT2D eigenvalue weighted by molar-refractivity contribution is 7.20. The van der Waals surface area contributed by atoms with Crippen LogP contribution < -0.4 is 22.1 Å². The fraction of sp³-hybridized carbons (Fsp3) is 0. The lowest BCUT2D eigenvalue weighted by molar-refractivity contribution is 0.0997. The third-order valence-corrected chi connectivity index (χ3v) is 3.88. The van der Waals surface area contributed by atoms with Gasteiger partial charge < -0.3 is 16.8 Å². The fourth-order valence-electron chi connectivity index (χ4n) is 1.66. The Balaban J connectivity index is 2.26. The third-order valence-electron chi connectivity index (χ3n) is 2.59. The average molecular weight is 339 g/mol. The van der Waals surface area contributed by atoms with E-state index in [1.165, 1.54) is 6.07 Å². The van der Waals surface area contributed by atoms with Crippen molar-refractivity contribution in [2.75, 3.05) is 10.6 Å². The summed E-state index contributed by atoms with van der Waals surface area (Å²) < 4.78 is 0. The Bertz CT molecular complexity index is 759. The van der Waals surface area contributed by atoms with E-state index < -0.39 is 17.8 Å². The molecule has 1 aromatic carbocycles. The number of halogens is 1. The molecule has 0 bridgehead atoms. The predicted molar refractivity (Wildman–Crippen MR) is 85.4 cm³/mol. The van der Waals surface area contributed by atoms with Gasteiger partial charge >= 0.3 is 6.03 Å². The first-order valence-electron chi connectivity index (χ1n) is 5.94. The Morgan fingerprint density at radius 1 is 1.05 bits per heavy atom. The Morgan fingerprint density at radius 3 is 2.32 bits per heavy atom. The number of hydrogen-bond acceptors (Lipinski definition) is 4. The first-order valence-corrected chi connectivity index (χ1v) is 7.14. The number of carbonyl (C=O) groups excluding carboxylic acids is 3. The van der Waals surface area contributed by atoms with Crippen molar-refractivity contribution >= 4 is 50.8 Å². The minimum absolute atomic E-state index is 0.0539. The van der Waals surface area contributed by atoms with Crippen LogP contribution in [0.2, 0.25) is 5.02 Å². The van der Waals surface area contributed by atoms with Gasteiger partial charge in [0.2, 0.25) is 0 Å². The molecule has 0 fully saturated rings. The van der Waals surface area contributed by atoms with E-state index in [0.29, 0.717) is 10.0 Å². The summed E-state index contributed by atoms with van der Waals surface area (Å²) in [5.74, 6) is -1.20. The summed E-state index contributed by atoms with van der Waals surface area (Å²) in [6.07, 6.45) is 0. The van der Waals surface area contributed by atoms with Gasteiger partial charge in [-0.3, -0.25) is 14.9 Å². The molecular formula is C13H11ClN4O3S. The SMILES string of the molecule is NC(=O)Nc1sc(NC(=O)c2ccccc2Cl)cc1C(N)=O. The van der Waals surface area contributed by atoms with E-state index in [0.717, 1.165) is 11.3 Å². The second-order valence-corrected chi connectivity index (χ2v) is 5.60. The summed E-state index contributed by atoms with van der Waals surface area (Å²) in [7, 11) is 0. The van der Waals surface area contributed by atoms with E-state index in [9.17, 15) is 14.4 Å². The zero-order valence-electron chi connectivity index (χ0n) is 11.1. The first kappa shape index (κ1) is 15.8. The Labute approximate surface area is 134 Å². The molecule has 0 atom stereocenters. The van der Waals surface area contributed by atoms with Gasteiger partial charge in [-0.15, -0.1) is 0 Å². The lowest BCUT2D eigenvalue weighted by Crippen LogP contribution is -2.21. The number of amides is 4. The van der Waals surface area contributed by atoms with Gasteiger partial charge in [-0.2, -0.15) is 0 Å². The molecule has 9 heteroatoms. The maximum absolute atomic E-state index is 12.1. The molecular weight excluding hydrogens is 328 g/mol. The molecule has 0 aliphatic heterocycles. The summed E-state index contributed by atoms with van der Waals surface area (Å²) in [6, 6.07) is 7.03. The van der Waals surface area contributed by atoms with E-state index in [2.05, 4.69) is 10.6 Å². The van der Waals surface area contributed by atoms with Crippen LogP contribution in [0.1, 0.15) is 20.7 Å². The van der Waals surface area contributed by atoms with Crippen LogP contribution in [0.5, 0.6) is 0 Å². The number of nitrogens with one attached hydrogen (secondary N) is 2. The number of benzene rings is 1. The van der Waals surface area contributed by atoms with E-state index in [1.807, 2.05) is 0 Å². The number of hydrogen-bond donors (Lipinski definition) is 4. The van der Waals surface area contributed by atoms with Crippen LogP contribution in [0.3, 0.4) is 0 Å². The molecule has 0 spiro atoms. The minimum atomic E-state index is -0.840. The van der Waals surface area contributed by atoms with E-state index in [-0.39, 0.29) is 16.1 Å². The van der Waals surface area contributed by atoms with Crippen molar-refractivity contribution in [2.24, 2.45) is 11.5 Å². The smallest absolute Gasteiger partial charge is 0.317 e. The van der Waals surface area contributed by atoms with Crippen LogP contribution >= 0.6 is 22.9 Å². The van der Waals surface area contributed by atoms with Gasteiger partial charge in [0.05, 0.1) is 21.2 Å². The molecule has 114 valence electrons. The highest BCUT2D eigenvalue weighted by Gasteiger charge is 2.17. The highest BCUT2D eigenvalue weighted by atomic mass is 35.5. The molecule has 7 nitrogen and oxygen atoms in total. The van der Waals surface area contributed by atoms with Crippen molar-refractivity contribution in [3.05, 3.63) is 46.5 Å². The molecule has 1 aromatic heterocycles. The van der Waals surface area contributed by atoms with Gasteiger partial charge in [0.25, 0.3) is 11.8 Å². The van der Waals surface area contributed by atoms with Crippen molar-refractivity contribution in [2.45, 2.75) is 0 Å². The molecule has 0 unspecified atom stereocenters. The minimum Gasteiger partial charge on any atom is -0.366 e. The maximum Gasteiger partial charge on any atom is 0.317 e. The van der Waals surface area contributed by atoms with Crippen LogP contribution in [0, 0.1) is 0 Å². The largest absolute Gasteiger partial charge is 0.366 e. The molecule has 0 radical (unpaired) electrons. The van der Waals surface area contributed by atoms with Crippen molar-refractivity contribution in [1.29, 1.82) is 0 Å². The zero-order chi connectivity index (χ0) is 16.3. The second kappa shape index (κ2) is 6.46. The van der Waals surface area contributed by atoms with Gasteiger partial charge in [0.1, 0.15) is 5.00 Å². The molecule has 0 saturated carbocycles. The summed E-state index contributed by atoms with van der Waals surface area (Å²) in [6.45, 7) is 0. The molecule has 0 aliphatic carbocycles. The third kappa shape index (κ3) is 3.54. The lowest BCUT2D eigenvalue weighted by Gasteiger charge is -2.03. The van der Waals surface area contributed by atoms with Gasteiger partial charge in [-0.05, 0) is 18.2 Å². The normalized spacial score (nSPS) is 10.0. The van der Waals surface area contributed by atoms with Gasteiger partial charge in [0, 0.05) is 0 Å². The Kier molecular flexibility index (Phi) is 4.64. The van der Waals surface area contributed by atoms with Crippen molar-refractivity contribution in [3.63, 3.8) is 0 Å². The average Bonchev–Trinajstić information content (AvgIpc) is 2.81. The summed E-state index contributed by atoms with van der Waals surface area (Å²) in [5.41, 5.74) is 10.6. The lowest BCUT2D eigenvalue weighted by atomic mass is 10.2. The summed E-state index contributed by atoms with van der Waals surface area (Å²) in [5, 5.41) is 5.64. The molecule has 2 rings (SSSR count). The molecule has 2 aromatic rings. The second-order valence-electron chi connectivity index (χ2n) is 4.14. The van der Waals surface area contributed by atoms with Crippen LogP contribution in [-0.2, 0) is 0 Å². The molecule has 0 aliphatic rings. The van der Waals surface area contributed by atoms with E-state index >= 15 is 0 Å². The Hall–Kier alpha value is -2.58. The molecule has 6 N–H and O–H groups in total. The van der Waals surface area contributed by atoms with Crippen molar-refractivity contribution in [1.82, 2.24) is 0 Å². The highest BCUT2D eigenvalue weighted by Crippen LogP contribution is 2.32. The number of urea groups is 1. The van der Waals surface area contributed by atoms with Crippen molar-refractivity contribution in [3.8, 4) is 0 Å². The van der Waals surface area contributed by atoms with Gasteiger partial charge in [-0.1, -0.05) is 35.1 Å². The van der Waals surface area contributed by atoms with Crippen LogP contribution in [0.25, 0.3) is 0 Å². The molecule has 1 heterocycles. The van der Waals surface area contributed by atoms with Gasteiger partial charge in [0.15, 0.2) is 0 Å². The number of anilines is 2. The fourth-order valence-corrected chi connectivity index (χ4v) is 2.85.